The van der Waals surface area contributed by atoms with Crippen molar-refractivity contribution in [2.75, 3.05) is 12.4 Å². The van der Waals surface area contributed by atoms with Gasteiger partial charge in [0.1, 0.15) is 0 Å². The molecule has 0 heterocycles. The smallest absolute Gasteiger partial charge is 0.0439 e. The Bertz CT molecular complexity index is 276. The van der Waals surface area contributed by atoms with Gasteiger partial charge in [-0.25, -0.2) is 0 Å². The Morgan fingerprint density at radius 2 is 2.23 bits per heavy atom. The molecule has 3 heteroatoms. The van der Waals surface area contributed by atoms with E-state index in [-0.39, 0.29) is 6.61 Å². The fourth-order valence-electron chi connectivity index (χ4n) is 0.918. The van der Waals surface area contributed by atoms with Crippen molar-refractivity contribution in [2.45, 2.75) is 18.2 Å². The maximum Gasteiger partial charge on any atom is 0.0439 e. The zero-order valence-electron chi connectivity index (χ0n) is 7.59. The number of rotatable bonds is 4. The number of halogens is 1. The number of aryl methyl sites for hydroxylation is 1. The van der Waals surface area contributed by atoms with Crippen molar-refractivity contribution < 1.29 is 5.11 Å². The lowest BCUT2D eigenvalue weighted by Crippen LogP contribution is -1.85. The van der Waals surface area contributed by atoms with Crippen molar-refractivity contribution in [3.63, 3.8) is 0 Å². The summed E-state index contributed by atoms with van der Waals surface area (Å²) in [7, 11) is 0. The second-order valence-corrected chi connectivity index (χ2v) is 4.86. The van der Waals surface area contributed by atoms with E-state index in [0.717, 1.165) is 16.6 Å². The molecule has 1 N–H and O–H groups in total. The number of hydrogen-bond acceptors (Lipinski definition) is 2. The second-order valence-electron chi connectivity index (χ2n) is 2.84. The highest BCUT2D eigenvalue weighted by Crippen LogP contribution is 2.25. The molecule has 0 saturated carbocycles. The Balaban J connectivity index is 2.53. The van der Waals surface area contributed by atoms with Gasteiger partial charge in [-0.15, -0.1) is 11.8 Å². The van der Waals surface area contributed by atoms with Crippen LogP contribution < -0.4 is 0 Å². The third-order valence-corrected chi connectivity index (χ3v) is 3.65. The van der Waals surface area contributed by atoms with Gasteiger partial charge in [0.2, 0.25) is 0 Å². The summed E-state index contributed by atoms with van der Waals surface area (Å²) in [5, 5.41) is 8.62. The number of benzene rings is 1. The minimum absolute atomic E-state index is 0.278. The van der Waals surface area contributed by atoms with Gasteiger partial charge in [-0.1, -0.05) is 22.0 Å². The fourth-order valence-corrected chi connectivity index (χ4v) is 2.32. The molecule has 0 spiro atoms. The maximum absolute atomic E-state index is 8.62. The van der Waals surface area contributed by atoms with Gasteiger partial charge >= 0.3 is 0 Å². The van der Waals surface area contributed by atoms with E-state index in [1.165, 1.54) is 10.5 Å². The van der Waals surface area contributed by atoms with Crippen molar-refractivity contribution in [3.8, 4) is 0 Å². The molecule has 13 heavy (non-hydrogen) atoms. The van der Waals surface area contributed by atoms with E-state index < -0.39 is 0 Å². The highest BCUT2D eigenvalue weighted by molar-refractivity contribution is 9.10. The molecule has 1 rings (SSSR count). The Morgan fingerprint density at radius 1 is 1.46 bits per heavy atom. The topological polar surface area (TPSA) is 20.2 Å². The van der Waals surface area contributed by atoms with Gasteiger partial charge in [-0.05, 0) is 31.0 Å². The third-order valence-electron chi connectivity index (χ3n) is 1.71. The van der Waals surface area contributed by atoms with Gasteiger partial charge in [-0.3, -0.25) is 0 Å². The minimum atomic E-state index is 0.278. The van der Waals surface area contributed by atoms with Crippen LogP contribution in [0.4, 0.5) is 0 Å². The van der Waals surface area contributed by atoms with Gasteiger partial charge in [-0.2, -0.15) is 0 Å². The van der Waals surface area contributed by atoms with Crippen LogP contribution in [-0.2, 0) is 0 Å². The number of aliphatic hydroxyl groups excluding tert-OH is 1. The summed E-state index contributed by atoms with van der Waals surface area (Å²) >= 11 is 5.27. The molecule has 72 valence electrons. The first-order chi connectivity index (χ1) is 6.24. The van der Waals surface area contributed by atoms with Gasteiger partial charge in [0.25, 0.3) is 0 Å². The first-order valence-corrected chi connectivity index (χ1v) is 6.01. The summed E-state index contributed by atoms with van der Waals surface area (Å²) in [5.41, 5.74) is 1.26. The molecule has 0 fully saturated rings. The number of hydrogen-bond donors (Lipinski definition) is 1. The lowest BCUT2D eigenvalue weighted by Gasteiger charge is -2.02. The van der Waals surface area contributed by atoms with Gasteiger partial charge in [0.05, 0.1) is 0 Å². The first-order valence-electron chi connectivity index (χ1n) is 4.24. The van der Waals surface area contributed by atoms with Crippen molar-refractivity contribution in [1.82, 2.24) is 0 Å². The third kappa shape index (κ3) is 3.71. The Labute approximate surface area is 91.7 Å². The summed E-state index contributed by atoms with van der Waals surface area (Å²) in [5.74, 6) is 0.978. The highest BCUT2D eigenvalue weighted by Gasteiger charge is 1.97. The van der Waals surface area contributed by atoms with Crippen molar-refractivity contribution in [1.29, 1.82) is 0 Å². The van der Waals surface area contributed by atoms with Gasteiger partial charge in [0, 0.05) is 21.7 Å². The molecule has 0 radical (unpaired) electrons. The van der Waals surface area contributed by atoms with Crippen LogP contribution in [0.5, 0.6) is 0 Å². The Kier molecular flexibility index (Phi) is 4.84. The van der Waals surface area contributed by atoms with Crippen molar-refractivity contribution in [2.24, 2.45) is 0 Å². The molecule has 0 atom stereocenters. The molecule has 0 aliphatic rings. The summed E-state index contributed by atoms with van der Waals surface area (Å²) in [6, 6.07) is 6.34. The first kappa shape index (κ1) is 11.1. The van der Waals surface area contributed by atoms with Crippen LogP contribution in [0.1, 0.15) is 12.0 Å². The molecule has 0 amide bonds. The molecule has 1 aromatic carbocycles. The fraction of sp³-hybridized carbons (Fsp3) is 0.400. The lowest BCUT2D eigenvalue weighted by molar-refractivity contribution is 0.296. The molecule has 1 aromatic rings. The average molecular weight is 261 g/mol. The van der Waals surface area contributed by atoms with E-state index in [4.69, 9.17) is 5.11 Å². The van der Waals surface area contributed by atoms with E-state index in [9.17, 15) is 0 Å². The van der Waals surface area contributed by atoms with E-state index in [1.807, 2.05) is 0 Å². The molecule has 0 aliphatic carbocycles. The highest BCUT2D eigenvalue weighted by atomic mass is 79.9. The molecule has 0 aromatic heterocycles. The molecule has 0 aliphatic heterocycles. The van der Waals surface area contributed by atoms with Crippen LogP contribution in [0, 0.1) is 6.92 Å². The van der Waals surface area contributed by atoms with Crippen molar-refractivity contribution in [3.05, 3.63) is 28.2 Å². The standard InChI is InChI=1S/C10H13BrOS/c1-8-3-4-9(7-10(8)11)13-6-2-5-12/h3-4,7,12H,2,5-6H2,1H3. The van der Waals surface area contributed by atoms with Crippen molar-refractivity contribution >= 4 is 27.7 Å². The second kappa shape index (κ2) is 5.68. The monoisotopic (exact) mass is 260 g/mol. The summed E-state index contributed by atoms with van der Waals surface area (Å²) in [6.45, 7) is 2.35. The summed E-state index contributed by atoms with van der Waals surface area (Å²) in [6.07, 6.45) is 0.857. The van der Waals surface area contributed by atoms with Crippen LogP contribution in [0.2, 0.25) is 0 Å². The van der Waals surface area contributed by atoms with E-state index >= 15 is 0 Å². The lowest BCUT2D eigenvalue weighted by atomic mass is 10.2. The molecule has 0 bridgehead atoms. The molecule has 0 saturated heterocycles. The number of thioether (sulfide) groups is 1. The number of aliphatic hydroxyl groups is 1. The molecule has 1 nitrogen and oxygen atoms in total. The van der Waals surface area contributed by atoms with E-state index in [0.29, 0.717) is 0 Å². The van der Waals surface area contributed by atoms with Gasteiger partial charge in [0.15, 0.2) is 0 Å². The molecular weight excluding hydrogens is 248 g/mol. The quantitative estimate of drug-likeness (QED) is 0.663. The SMILES string of the molecule is Cc1ccc(SCCCO)cc1Br. The van der Waals surface area contributed by atoms with E-state index in [1.54, 1.807) is 11.8 Å². The largest absolute Gasteiger partial charge is 0.396 e. The molecule has 0 unspecified atom stereocenters. The van der Waals surface area contributed by atoms with Crippen LogP contribution >= 0.6 is 27.7 Å². The Hall–Kier alpha value is 0.01000. The van der Waals surface area contributed by atoms with E-state index in [2.05, 4.69) is 41.1 Å². The summed E-state index contributed by atoms with van der Waals surface area (Å²) < 4.78 is 1.15. The minimum Gasteiger partial charge on any atom is -0.396 e. The predicted octanol–water partition coefficient (Wildman–Crippen LogP) is 3.23. The van der Waals surface area contributed by atoms with Crippen LogP contribution in [0.3, 0.4) is 0 Å². The maximum atomic E-state index is 8.62. The zero-order valence-corrected chi connectivity index (χ0v) is 9.99. The summed E-state index contributed by atoms with van der Waals surface area (Å²) in [4.78, 5) is 1.26. The zero-order chi connectivity index (χ0) is 9.68. The Morgan fingerprint density at radius 3 is 2.85 bits per heavy atom. The van der Waals surface area contributed by atoms with Crippen LogP contribution in [0.25, 0.3) is 0 Å². The predicted molar refractivity (Wildman–Crippen MR) is 61.3 cm³/mol. The average Bonchev–Trinajstić information content (AvgIpc) is 2.12. The molecular formula is C10H13BrOS. The van der Waals surface area contributed by atoms with Crippen LogP contribution in [0.15, 0.2) is 27.6 Å². The normalized spacial score (nSPS) is 10.4. The van der Waals surface area contributed by atoms with Crippen LogP contribution in [-0.4, -0.2) is 17.5 Å². The van der Waals surface area contributed by atoms with Gasteiger partial charge < -0.3 is 5.11 Å².